The SMILES string of the molecule is COc1ccc([C@@H](OC(C)=O)C(C(=O)c2ccc([N+](=O)[O-])cc2)[C@@H](OC(C)=O)c2ccc(OC)cc2)cc1. The molecule has 0 heterocycles. The lowest BCUT2D eigenvalue weighted by atomic mass is 9.81. The van der Waals surface area contributed by atoms with E-state index in [0.717, 1.165) is 0 Å². The molecule has 0 aliphatic rings. The minimum absolute atomic E-state index is 0.108. The minimum atomic E-state index is -1.26. The van der Waals surface area contributed by atoms with Gasteiger partial charge in [0.1, 0.15) is 29.6 Å². The van der Waals surface area contributed by atoms with Crippen molar-refractivity contribution in [3.8, 4) is 11.5 Å². The van der Waals surface area contributed by atoms with E-state index in [9.17, 15) is 24.5 Å². The van der Waals surface area contributed by atoms with Crippen molar-refractivity contribution in [1.29, 1.82) is 0 Å². The van der Waals surface area contributed by atoms with Crippen LogP contribution in [0.5, 0.6) is 11.5 Å². The van der Waals surface area contributed by atoms with Gasteiger partial charge < -0.3 is 18.9 Å². The first-order valence-electron chi connectivity index (χ1n) is 11.6. The van der Waals surface area contributed by atoms with Crippen LogP contribution < -0.4 is 9.47 Å². The fourth-order valence-corrected chi connectivity index (χ4v) is 4.02. The fraction of sp³-hybridized carbons (Fsp3) is 0.250. The minimum Gasteiger partial charge on any atom is -0.497 e. The Bertz CT molecular complexity index is 1220. The molecular formula is C28H27NO9. The number of esters is 2. The average molecular weight is 522 g/mol. The predicted octanol–water partition coefficient (Wildman–Crippen LogP) is 5.02. The van der Waals surface area contributed by atoms with E-state index in [1.165, 1.54) is 52.3 Å². The van der Waals surface area contributed by atoms with Crippen molar-refractivity contribution < 1.29 is 38.3 Å². The molecule has 0 bridgehead atoms. The number of benzene rings is 3. The van der Waals surface area contributed by atoms with E-state index >= 15 is 0 Å². The van der Waals surface area contributed by atoms with E-state index in [1.807, 2.05) is 0 Å². The number of ketones is 1. The largest absolute Gasteiger partial charge is 0.497 e. The summed E-state index contributed by atoms with van der Waals surface area (Å²) in [5, 5.41) is 11.1. The van der Waals surface area contributed by atoms with Crippen LogP contribution >= 0.6 is 0 Å². The van der Waals surface area contributed by atoms with Gasteiger partial charge in [-0.2, -0.15) is 0 Å². The Balaban J connectivity index is 2.22. The van der Waals surface area contributed by atoms with Gasteiger partial charge in [-0.05, 0) is 47.5 Å². The monoisotopic (exact) mass is 521 g/mol. The van der Waals surface area contributed by atoms with Crippen molar-refractivity contribution in [3.05, 3.63) is 99.6 Å². The van der Waals surface area contributed by atoms with Gasteiger partial charge in [-0.25, -0.2) is 0 Å². The number of carbonyl (C=O) groups is 3. The lowest BCUT2D eigenvalue weighted by Crippen LogP contribution is -2.33. The number of carbonyl (C=O) groups excluding carboxylic acids is 3. The number of hydrogen-bond donors (Lipinski definition) is 0. The lowest BCUT2D eigenvalue weighted by molar-refractivity contribution is -0.384. The third kappa shape index (κ3) is 6.73. The maximum atomic E-state index is 14.1. The summed E-state index contributed by atoms with van der Waals surface area (Å²) in [5.74, 6) is -2.05. The molecule has 0 saturated carbocycles. The van der Waals surface area contributed by atoms with E-state index in [2.05, 4.69) is 0 Å². The summed E-state index contributed by atoms with van der Waals surface area (Å²) in [4.78, 5) is 49.1. The van der Waals surface area contributed by atoms with E-state index in [-0.39, 0.29) is 11.3 Å². The van der Waals surface area contributed by atoms with Crippen LogP contribution in [0.4, 0.5) is 5.69 Å². The molecule has 0 N–H and O–H groups in total. The van der Waals surface area contributed by atoms with Crippen molar-refractivity contribution in [1.82, 2.24) is 0 Å². The number of nitro groups is 1. The summed E-state index contributed by atoms with van der Waals surface area (Å²) >= 11 is 0. The van der Waals surface area contributed by atoms with E-state index in [1.54, 1.807) is 48.5 Å². The highest BCUT2D eigenvalue weighted by molar-refractivity contribution is 5.99. The molecule has 3 atom stereocenters. The summed E-state index contributed by atoms with van der Waals surface area (Å²) in [6.45, 7) is 2.41. The van der Waals surface area contributed by atoms with Crippen LogP contribution in [0.2, 0.25) is 0 Å². The lowest BCUT2D eigenvalue weighted by Gasteiger charge is -2.32. The summed E-state index contributed by atoms with van der Waals surface area (Å²) in [5.41, 5.74) is 0.812. The molecule has 10 nitrogen and oxygen atoms in total. The molecule has 38 heavy (non-hydrogen) atoms. The summed E-state index contributed by atoms with van der Waals surface area (Å²) in [7, 11) is 3.00. The van der Waals surface area contributed by atoms with E-state index in [4.69, 9.17) is 18.9 Å². The number of Topliss-reactive ketones (excluding diaryl/α,β-unsaturated/α-hetero) is 1. The zero-order chi connectivity index (χ0) is 27.8. The van der Waals surface area contributed by atoms with Crippen molar-refractivity contribution in [2.24, 2.45) is 5.92 Å². The number of ether oxygens (including phenoxy) is 4. The Morgan fingerprint density at radius 3 is 1.39 bits per heavy atom. The standard InChI is InChI=1S/C28H27NO9/c1-17(30)37-27(20-7-13-23(35-3)14-8-20)25(26(32)19-5-11-22(12-6-19)29(33)34)28(38-18(2)31)21-9-15-24(36-4)16-10-21/h5-16,25,27-28H,1-4H3/t25?,27-,28+. The molecule has 0 fully saturated rings. The van der Waals surface area contributed by atoms with Crippen molar-refractivity contribution in [3.63, 3.8) is 0 Å². The van der Waals surface area contributed by atoms with Gasteiger partial charge in [0.15, 0.2) is 5.78 Å². The van der Waals surface area contributed by atoms with Gasteiger partial charge in [-0.3, -0.25) is 24.5 Å². The first-order valence-corrected chi connectivity index (χ1v) is 11.6. The van der Waals surface area contributed by atoms with Gasteiger partial charge in [-0.1, -0.05) is 24.3 Å². The molecule has 1 unspecified atom stereocenters. The Morgan fingerprint density at radius 1 is 0.684 bits per heavy atom. The molecule has 10 heteroatoms. The van der Waals surface area contributed by atoms with Crippen LogP contribution in [-0.2, 0) is 19.1 Å². The topological polar surface area (TPSA) is 131 Å². The van der Waals surface area contributed by atoms with Gasteiger partial charge in [-0.15, -0.1) is 0 Å². The van der Waals surface area contributed by atoms with Gasteiger partial charge in [0.2, 0.25) is 0 Å². The Kier molecular flexibility index (Phi) is 9.15. The molecule has 3 aromatic carbocycles. The van der Waals surface area contributed by atoms with Crippen LogP contribution in [0.3, 0.4) is 0 Å². The van der Waals surface area contributed by atoms with E-state index in [0.29, 0.717) is 22.6 Å². The first-order chi connectivity index (χ1) is 18.1. The number of nitrogens with zero attached hydrogens (tertiary/aromatic N) is 1. The van der Waals surface area contributed by atoms with Crippen molar-refractivity contribution >= 4 is 23.4 Å². The molecule has 0 saturated heterocycles. The molecule has 0 aliphatic carbocycles. The summed E-state index contributed by atoms with van der Waals surface area (Å²) in [6, 6.07) is 18.2. The molecule has 0 radical (unpaired) electrons. The molecule has 0 aliphatic heterocycles. The Hall–Kier alpha value is -4.73. The van der Waals surface area contributed by atoms with Crippen LogP contribution in [0.1, 0.15) is 47.5 Å². The summed E-state index contributed by atoms with van der Waals surface area (Å²) in [6.07, 6.45) is -2.37. The first kappa shape index (κ1) is 27.9. The van der Waals surface area contributed by atoms with Gasteiger partial charge in [0.25, 0.3) is 5.69 Å². The molecule has 198 valence electrons. The van der Waals surface area contributed by atoms with Crippen LogP contribution in [0.25, 0.3) is 0 Å². The molecule has 3 aromatic rings. The number of hydrogen-bond acceptors (Lipinski definition) is 9. The third-order valence-electron chi connectivity index (χ3n) is 5.79. The molecule has 0 spiro atoms. The maximum absolute atomic E-state index is 14.1. The predicted molar refractivity (Wildman–Crippen MR) is 136 cm³/mol. The highest BCUT2D eigenvalue weighted by Gasteiger charge is 2.42. The van der Waals surface area contributed by atoms with Crippen LogP contribution in [-0.4, -0.2) is 36.9 Å². The number of nitro benzene ring substituents is 1. The molecule has 3 rings (SSSR count). The van der Waals surface area contributed by atoms with Gasteiger partial charge >= 0.3 is 11.9 Å². The molecule has 0 aromatic heterocycles. The van der Waals surface area contributed by atoms with Gasteiger partial charge in [0.05, 0.1) is 19.1 Å². The molecule has 0 amide bonds. The Morgan fingerprint density at radius 2 is 1.08 bits per heavy atom. The van der Waals surface area contributed by atoms with Crippen LogP contribution in [0, 0.1) is 16.0 Å². The zero-order valence-electron chi connectivity index (χ0n) is 21.3. The van der Waals surface area contributed by atoms with Gasteiger partial charge in [0, 0.05) is 31.5 Å². The maximum Gasteiger partial charge on any atom is 0.303 e. The number of rotatable bonds is 11. The zero-order valence-corrected chi connectivity index (χ0v) is 21.3. The smallest absolute Gasteiger partial charge is 0.303 e. The second-order valence-corrected chi connectivity index (χ2v) is 8.30. The number of non-ortho nitro benzene ring substituents is 1. The second-order valence-electron chi connectivity index (χ2n) is 8.30. The highest BCUT2D eigenvalue weighted by atomic mass is 16.6. The second kappa shape index (κ2) is 12.5. The van der Waals surface area contributed by atoms with Crippen LogP contribution in [0.15, 0.2) is 72.8 Å². The quantitative estimate of drug-likeness (QED) is 0.148. The van der Waals surface area contributed by atoms with E-state index < -0.39 is 40.8 Å². The average Bonchev–Trinajstić information content (AvgIpc) is 2.91. The van der Waals surface area contributed by atoms with Crippen molar-refractivity contribution in [2.75, 3.05) is 14.2 Å². The Labute approximate surface area is 219 Å². The molecular weight excluding hydrogens is 494 g/mol. The van der Waals surface area contributed by atoms with Crippen molar-refractivity contribution in [2.45, 2.75) is 26.1 Å². The third-order valence-corrected chi connectivity index (χ3v) is 5.79. The summed E-state index contributed by atoms with van der Waals surface area (Å²) < 4.78 is 21.8. The highest BCUT2D eigenvalue weighted by Crippen LogP contribution is 2.41. The fourth-order valence-electron chi connectivity index (χ4n) is 4.02. The normalized spacial score (nSPS) is 12.9. The number of methoxy groups -OCH3 is 2.